The Morgan fingerprint density at radius 3 is 3.00 bits per heavy atom. The number of thiophene rings is 1. The van der Waals surface area contributed by atoms with Gasteiger partial charge in [-0.25, -0.2) is 13.1 Å². The standard InChI is InChI=1S/C15H21N3O4S2/c19-11-12-3-1-2-9-18(12)10-8-17-24(20,21)15-5-4-14(23-15)13-6-7-16-22-13/h4-7,12,17,19H,1-3,8-11H2/t12-/m1/s1. The molecule has 1 saturated heterocycles. The second-order valence-electron chi connectivity index (χ2n) is 5.76. The van der Waals surface area contributed by atoms with Crippen LogP contribution in [0.25, 0.3) is 10.6 Å². The molecular weight excluding hydrogens is 350 g/mol. The van der Waals surface area contributed by atoms with Gasteiger partial charge < -0.3 is 9.63 Å². The van der Waals surface area contributed by atoms with E-state index in [1.807, 2.05) is 0 Å². The molecule has 0 aromatic carbocycles. The maximum absolute atomic E-state index is 12.4. The summed E-state index contributed by atoms with van der Waals surface area (Å²) in [7, 11) is -3.54. The van der Waals surface area contributed by atoms with E-state index in [0.29, 0.717) is 18.8 Å². The van der Waals surface area contributed by atoms with E-state index in [0.717, 1.165) is 42.0 Å². The van der Waals surface area contributed by atoms with E-state index in [4.69, 9.17) is 4.52 Å². The van der Waals surface area contributed by atoms with Crippen molar-refractivity contribution in [1.29, 1.82) is 0 Å². The van der Waals surface area contributed by atoms with Gasteiger partial charge in [-0.1, -0.05) is 11.6 Å². The average Bonchev–Trinajstić information content (AvgIpc) is 3.26. The molecule has 2 aromatic rings. The van der Waals surface area contributed by atoms with Gasteiger partial charge in [0.05, 0.1) is 17.7 Å². The van der Waals surface area contributed by atoms with Gasteiger partial charge in [0.25, 0.3) is 0 Å². The number of hydrogen-bond acceptors (Lipinski definition) is 7. The quantitative estimate of drug-likeness (QED) is 0.766. The van der Waals surface area contributed by atoms with Crippen LogP contribution in [-0.4, -0.2) is 55.9 Å². The second-order valence-corrected chi connectivity index (χ2v) is 8.84. The topological polar surface area (TPSA) is 95.7 Å². The van der Waals surface area contributed by atoms with Crippen molar-refractivity contribution in [3.05, 3.63) is 24.4 Å². The second kappa shape index (κ2) is 7.75. The fourth-order valence-electron chi connectivity index (χ4n) is 2.90. The molecule has 24 heavy (non-hydrogen) atoms. The van der Waals surface area contributed by atoms with Crippen LogP contribution >= 0.6 is 11.3 Å². The molecule has 0 bridgehead atoms. The highest BCUT2D eigenvalue weighted by Gasteiger charge is 2.23. The highest BCUT2D eigenvalue weighted by Crippen LogP contribution is 2.30. The number of nitrogens with one attached hydrogen (secondary N) is 1. The summed E-state index contributed by atoms with van der Waals surface area (Å²) < 4.78 is 32.7. The van der Waals surface area contributed by atoms with E-state index in [1.54, 1.807) is 18.2 Å². The molecule has 1 aliphatic rings. The molecule has 1 atom stereocenters. The molecule has 0 saturated carbocycles. The molecule has 1 fully saturated rings. The van der Waals surface area contributed by atoms with Gasteiger partial charge in [-0.05, 0) is 31.5 Å². The van der Waals surface area contributed by atoms with E-state index in [1.165, 1.54) is 6.20 Å². The monoisotopic (exact) mass is 371 g/mol. The first-order chi connectivity index (χ1) is 11.6. The predicted octanol–water partition coefficient (Wildman–Crippen LogP) is 1.53. The fourth-order valence-corrected chi connectivity index (χ4v) is 5.22. The van der Waals surface area contributed by atoms with E-state index < -0.39 is 10.0 Å². The summed E-state index contributed by atoms with van der Waals surface area (Å²) in [4.78, 5) is 2.88. The van der Waals surface area contributed by atoms with Gasteiger partial charge in [-0.15, -0.1) is 11.3 Å². The molecular formula is C15H21N3O4S2. The number of nitrogens with zero attached hydrogens (tertiary/aromatic N) is 2. The molecule has 0 spiro atoms. The molecule has 9 heteroatoms. The number of aliphatic hydroxyl groups is 1. The van der Waals surface area contributed by atoms with Crippen LogP contribution in [0.2, 0.25) is 0 Å². The Kier molecular flexibility index (Phi) is 5.67. The summed E-state index contributed by atoms with van der Waals surface area (Å²) in [6, 6.07) is 5.12. The van der Waals surface area contributed by atoms with Gasteiger partial charge in [0.15, 0.2) is 5.76 Å². The van der Waals surface area contributed by atoms with Crippen molar-refractivity contribution in [3.8, 4) is 10.6 Å². The highest BCUT2D eigenvalue weighted by atomic mass is 32.2. The first-order valence-corrected chi connectivity index (χ1v) is 10.3. The van der Waals surface area contributed by atoms with Gasteiger partial charge in [-0.3, -0.25) is 4.90 Å². The maximum Gasteiger partial charge on any atom is 0.250 e. The zero-order chi connectivity index (χ0) is 17.0. The van der Waals surface area contributed by atoms with Gasteiger partial charge in [0.2, 0.25) is 10.0 Å². The minimum Gasteiger partial charge on any atom is -0.395 e. The zero-order valence-corrected chi connectivity index (χ0v) is 14.9. The SMILES string of the molecule is O=S(=O)(NCCN1CCCC[C@@H]1CO)c1ccc(-c2ccno2)s1. The maximum atomic E-state index is 12.4. The Morgan fingerprint density at radius 2 is 2.25 bits per heavy atom. The number of hydrogen-bond donors (Lipinski definition) is 2. The van der Waals surface area contributed by atoms with Crippen LogP contribution in [0.3, 0.4) is 0 Å². The lowest BCUT2D eigenvalue weighted by atomic mass is 10.0. The Hall–Kier alpha value is -1.26. The van der Waals surface area contributed by atoms with Crippen molar-refractivity contribution in [2.75, 3.05) is 26.2 Å². The summed E-state index contributed by atoms with van der Waals surface area (Å²) in [5.74, 6) is 0.556. The predicted molar refractivity (Wildman–Crippen MR) is 91.3 cm³/mol. The molecule has 7 nitrogen and oxygen atoms in total. The lowest BCUT2D eigenvalue weighted by Crippen LogP contribution is -2.45. The lowest BCUT2D eigenvalue weighted by Gasteiger charge is -2.34. The van der Waals surface area contributed by atoms with Crippen molar-refractivity contribution < 1.29 is 18.0 Å². The van der Waals surface area contributed by atoms with Gasteiger partial charge in [-0.2, -0.15) is 0 Å². The summed E-state index contributed by atoms with van der Waals surface area (Å²) in [6.45, 7) is 1.96. The first-order valence-electron chi connectivity index (χ1n) is 7.95. The van der Waals surface area contributed by atoms with Crippen LogP contribution in [0.4, 0.5) is 0 Å². The van der Waals surface area contributed by atoms with Crippen LogP contribution in [-0.2, 0) is 10.0 Å². The van der Waals surface area contributed by atoms with Gasteiger partial charge >= 0.3 is 0 Å². The van der Waals surface area contributed by atoms with E-state index >= 15 is 0 Å². The molecule has 0 amide bonds. The molecule has 0 radical (unpaired) electrons. The van der Waals surface area contributed by atoms with Crippen LogP contribution < -0.4 is 4.72 Å². The minimum absolute atomic E-state index is 0.123. The van der Waals surface area contributed by atoms with Crippen molar-refractivity contribution >= 4 is 21.4 Å². The average molecular weight is 371 g/mol. The normalized spacial score (nSPS) is 19.6. The molecule has 3 heterocycles. The minimum atomic E-state index is -3.54. The largest absolute Gasteiger partial charge is 0.395 e. The van der Waals surface area contributed by atoms with Crippen molar-refractivity contribution in [2.45, 2.75) is 29.5 Å². The third kappa shape index (κ3) is 4.04. The van der Waals surface area contributed by atoms with E-state index in [2.05, 4.69) is 14.8 Å². The Balaban J connectivity index is 1.58. The third-order valence-electron chi connectivity index (χ3n) is 4.18. The molecule has 0 unspecified atom stereocenters. The Bertz CT molecular complexity index is 743. The highest BCUT2D eigenvalue weighted by molar-refractivity contribution is 7.91. The third-order valence-corrected chi connectivity index (χ3v) is 7.23. The smallest absolute Gasteiger partial charge is 0.250 e. The zero-order valence-electron chi connectivity index (χ0n) is 13.2. The Morgan fingerprint density at radius 1 is 1.38 bits per heavy atom. The van der Waals surface area contributed by atoms with E-state index in [-0.39, 0.29) is 16.9 Å². The molecule has 2 aromatic heterocycles. The van der Waals surface area contributed by atoms with Crippen LogP contribution in [0, 0.1) is 0 Å². The number of aliphatic hydroxyl groups excluding tert-OH is 1. The fraction of sp³-hybridized carbons (Fsp3) is 0.533. The first kappa shape index (κ1) is 17.6. The molecule has 0 aliphatic carbocycles. The number of sulfonamides is 1. The van der Waals surface area contributed by atoms with Gasteiger partial charge in [0.1, 0.15) is 4.21 Å². The molecule has 3 rings (SSSR count). The number of piperidine rings is 1. The molecule has 132 valence electrons. The molecule has 1 aliphatic heterocycles. The summed E-state index contributed by atoms with van der Waals surface area (Å²) in [6.07, 6.45) is 4.70. The molecule has 2 N–H and O–H groups in total. The summed E-state index contributed by atoms with van der Waals surface area (Å²) in [5, 5.41) is 13.0. The number of aromatic nitrogens is 1. The summed E-state index contributed by atoms with van der Waals surface area (Å²) in [5.41, 5.74) is 0. The van der Waals surface area contributed by atoms with Crippen LogP contribution in [0.1, 0.15) is 19.3 Å². The van der Waals surface area contributed by atoms with E-state index in [9.17, 15) is 13.5 Å². The lowest BCUT2D eigenvalue weighted by molar-refractivity contribution is 0.0923. The number of rotatable bonds is 7. The van der Waals surface area contributed by atoms with Gasteiger partial charge in [0, 0.05) is 25.2 Å². The Labute approximate surface area is 145 Å². The van der Waals surface area contributed by atoms with Crippen LogP contribution in [0.5, 0.6) is 0 Å². The van der Waals surface area contributed by atoms with Crippen molar-refractivity contribution in [2.24, 2.45) is 0 Å². The van der Waals surface area contributed by atoms with Crippen LogP contribution in [0.15, 0.2) is 33.1 Å². The summed E-state index contributed by atoms with van der Waals surface area (Å²) >= 11 is 1.15. The van der Waals surface area contributed by atoms with Crippen molar-refractivity contribution in [3.63, 3.8) is 0 Å². The van der Waals surface area contributed by atoms with Crippen molar-refractivity contribution in [1.82, 2.24) is 14.8 Å². The number of likely N-dealkylation sites (tertiary alicyclic amines) is 1.